The SMILES string of the molecule is C1=CC(c2c(-c3ccc4cccccc3-4)c(-c3ccc4cccccc3-4)c(-c3cccc4c3Cc3ccccc3-4)c3cc4ccc(-c5ccccc5)c(-c5cccc6ccccc56)c4c(-c4ccc5ccccc5c4)c23)c2ccccc21. The predicted molar refractivity (Wildman–Crippen MR) is 348 cm³/mol. The van der Waals surface area contributed by atoms with Gasteiger partial charge in [-0.1, -0.05) is 285 Å². The van der Waals surface area contributed by atoms with Gasteiger partial charge in [-0.25, -0.2) is 0 Å². The van der Waals surface area contributed by atoms with Gasteiger partial charge in [0, 0.05) is 5.92 Å². The quantitative estimate of drug-likeness (QED) is 0.140. The average molecular weight is 1040 g/mol. The van der Waals surface area contributed by atoms with Gasteiger partial charge in [0.05, 0.1) is 0 Å². The molecule has 0 amide bonds. The number of benzene rings is 11. The van der Waals surface area contributed by atoms with E-state index in [-0.39, 0.29) is 5.92 Å². The van der Waals surface area contributed by atoms with E-state index < -0.39 is 0 Å². The molecule has 0 nitrogen and oxygen atoms in total. The Morgan fingerprint density at radius 2 is 0.829 bits per heavy atom. The van der Waals surface area contributed by atoms with E-state index in [1.807, 2.05) is 0 Å². The molecule has 0 aromatic heterocycles. The van der Waals surface area contributed by atoms with E-state index >= 15 is 0 Å². The van der Waals surface area contributed by atoms with Crippen molar-refractivity contribution >= 4 is 49.2 Å². The zero-order valence-electron chi connectivity index (χ0n) is 45.1. The lowest BCUT2D eigenvalue weighted by atomic mass is 9.72. The fourth-order valence-corrected chi connectivity index (χ4v) is 14.6. The predicted octanol–water partition coefficient (Wildman–Crippen LogP) is 22.2. The monoisotopic (exact) mass is 1040 g/mol. The van der Waals surface area contributed by atoms with Crippen LogP contribution in [0.15, 0.2) is 291 Å². The summed E-state index contributed by atoms with van der Waals surface area (Å²) in [5.74, 6) is -0.109. The molecule has 6 aliphatic carbocycles. The number of fused-ring (bicyclic) bond motifs is 10. The molecule has 0 heteroatoms. The normalized spacial score (nSPS) is 13.4. The summed E-state index contributed by atoms with van der Waals surface area (Å²) in [5.41, 5.74) is 29.0. The summed E-state index contributed by atoms with van der Waals surface area (Å²) in [6.45, 7) is 0. The Morgan fingerprint density at radius 3 is 1.63 bits per heavy atom. The Morgan fingerprint density at radius 1 is 0.268 bits per heavy atom. The summed E-state index contributed by atoms with van der Waals surface area (Å²) in [6, 6.07) is 108. The summed E-state index contributed by atoms with van der Waals surface area (Å²) in [4.78, 5) is 0. The zero-order valence-corrected chi connectivity index (χ0v) is 45.1. The van der Waals surface area contributed by atoms with E-state index in [9.17, 15) is 0 Å². The highest BCUT2D eigenvalue weighted by molar-refractivity contribution is 6.28. The molecule has 17 rings (SSSR count). The number of allylic oxidation sites excluding steroid dienone is 1. The maximum Gasteiger partial charge on any atom is 0.0291 e. The summed E-state index contributed by atoms with van der Waals surface area (Å²) in [6.07, 6.45) is 5.75. The molecular weight excluding hydrogens is 985 g/mol. The molecule has 0 saturated carbocycles. The van der Waals surface area contributed by atoms with Crippen LogP contribution in [0.1, 0.15) is 33.7 Å². The van der Waals surface area contributed by atoms with Crippen molar-refractivity contribution in [3.05, 3.63) is 319 Å². The van der Waals surface area contributed by atoms with Gasteiger partial charge in [0.2, 0.25) is 0 Å². The van der Waals surface area contributed by atoms with Crippen LogP contribution in [0.5, 0.6) is 0 Å². The first-order chi connectivity index (χ1) is 40.7. The smallest absolute Gasteiger partial charge is 0.0291 e. The van der Waals surface area contributed by atoms with Gasteiger partial charge in [-0.15, -0.1) is 0 Å². The zero-order chi connectivity index (χ0) is 53.8. The van der Waals surface area contributed by atoms with Crippen molar-refractivity contribution in [2.45, 2.75) is 12.3 Å². The molecule has 1 unspecified atom stereocenters. The highest BCUT2D eigenvalue weighted by Gasteiger charge is 2.36. The topological polar surface area (TPSA) is 0 Å². The van der Waals surface area contributed by atoms with Crippen LogP contribution in [-0.2, 0) is 6.42 Å². The molecule has 11 aromatic rings. The van der Waals surface area contributed by atoms with Gasteiger partial charge in [0.1, 0.15) is 0 Å². The highest BCUT2D eigenvalue weighted by Crippen LogP contribution is 2.60. The molecular formula is C82H52. The Hall–Kier alpha value is -10.4. The fraction of sp³-hybridized carbons (Fsp3) is 0.0244. The molecule has 380 valence electrons. The summed E-state index contributed by atoms with van der Waals surface area (Å²) in [7, 11) is 0. The van der Waals surface area contributed by atoms with Gasteiger partial charge >= 0.3 is 0 Å². The van der Waals surface area contributed by atoms with Crippen molar-refractivity contribution in [2.24, 2.45) is 0 Å². The second kappa shape index (κ2) is 18.6. The van der Waals surface area contributed by atoms with Crippen molar-refractivity contribution in [1.82, 2.24) is 0 Å². The first kappa shape index (κ1) is 46.5. The minimum absolute atomic E-state index is 0.109. The van der Waals surface area contributed by atoms with Crippen LogP contribution >= 0.6 is 0 Å². The van der Waals surface area contributed by atoms with Gasteiger partial charge in [-0.2, -0.15) is 0 Å². The molecule has 0 aliphatic heterocycles. The van der Waals surface area contributed by atoms with E-state index in [4.69, 9.17) is 0 Å². The number of hydrogen-bond donors (Lipinski definition) is 0. The lowest BCUT2D eigenvalue weighted by Crippen LogP contribution is -2.07. The Kier molecular flexibility index (Phi) is 10.5. The van der Waals surface area contributed by atoms with Crippen LogP contribution in [0.3, 0.4) is 0 Å². The van der Waals surface area contributed by atoms with Crippen molar-refractivity contribution < 1.29 is 0 Å². The molecule has 0 radical (unpaired) electrons. The molecule has 0 spiro atoms. The molecule has 11 aromatic carbocycles. The van der Waals surface area contributed by atoms with Crippen LogP contribution < -0.4 is 0 Å². The van der Waals surface area contributed by atoms with E-state index in [2.05, 4.69) is 297 Å². The van der Waals surface area contributed by atoms with Gasteiger partial charge in [0.25, 0.3) is 0 Å². The standard InChI is InChI=1S/C82H52/c1-4-21-53(22-5-1)66-44-43-60-50-74-78(69-37-19-35-67-65-34-17-14-28-58(65)49-73(67)69)79(70-45-40-54-23-6-2-8-30-62(54)70)80(71-46-41-55-24-7-3-9-31-63(55)71)81(72-47-42-56-26-13-16-33-64(56)72)82(74)76(59-39-38-51-20-10-11-27-57(51)48-59)75(60)77(66)68-36-18-29-52-25-12-15-32-61(52)68/h1-48,50,72H,49H2. The van der Waals surface area contributed by atoms with Gasteiger partial charge in [-0.05, 0) is 190 Å². The Balaban J connectivity index is 1.19. The Bertz CT molecular complexity index is 5060. The van der Waals surface area contributed by atoms with Crippen LogP contribution in [0.25, 0.3) is 149 Å². The van der Waals surface area contributed by atoms with Crippen LogP contribution in [0, 0.1) is 0 Å². The molecule has 0 fully saturated rings. The van der Waals surface area contributed by atoms with Crippen molar-refractivity contribution in [1.29, 1.82) is 0 Å². The van der Waals surface area contributed by atoms with Gasteiger partial charge in [-0.3, -0.25) is 0 Å². The van der Waals surface area contributed by atoms with Crippen molar-refractivity contribution in [3.63, 3.8) is 0 Å². The van der Waals surface area contributed by atoms with Gasteiger partial charge in [0.15, 0.2) is 0 Å². The number of hydrogen-bond acceptors (Lipinski definition) is 0. The summed E-state index contributed by atoms with van der Waals surface area (Å²) < 4.78 is 0. The maximum absolute atomic E-state index is 2.62. The van der Waals surface area contributed by atoms with E-state index in [0.717, 1.165) is 6.42 Å². The van der Waals surface area contributed by atoms with Crippen LogP contribution in [0.4, 0.5) is 0 Å². The lowest BCUT2D eigenvalue weighted by molar-refractivity contribution is 1.07. The third-order valence-corrected chi connectivity index (χ3v) is 18.1. The maximum atomic E-state index is 2.62. The van der Waals surface area contributed by atoms with E-state index in [1.54, 1.807) is 0 Å². The molecule has 0 saturated heterocycles. The Labute approximate surface area is 477 Å². The first-order valence-electron chi connectivity index (χ1n) is 28.8. The minimum Gasteiger partial charge on any atom is -0.0720 e. The van der Waals surface area contributed by atoms with Crippen LogP contribution in [-0.4, -0.2) is 0 Å². The summed E-state index contributed by atoms with van der Waals surface area (Å²) >= 11 is 0. The third kappa shape index (κ3) is 7.11. The summed E-state index contributed by atoms with van der Waals surface area (Å²) in [5, 5.41) is 9.86. The van der Waals surface area contributed by atoms with Crippen molar-refractivity contribution in [2.75, 3.05) is 0 Å². The minimum atomic E-state index is -0.109. The molecule has 0 N–H and O–H groups in total. The molecule has 0 heterocycles. The first-order valence-corrected chi connectivity index (χ1v) is 28.8. The third-order valence-electron chi connectivity index (χ3n) is 18.1. The van der Waals surface area contributed by atoms with Crippen LogP contribution in [0.2, 0.25) is 0 Å². The second-order valence-electron chi connectivity index (χ2n) is 22.4. The molecule has 1 atom stereocenters. The van der Waals surface area contributed by atoms with E-state index in [0.29, 0.717) is 0 Å². The lowest BCUT2D eigenvalue weighted by Gasteiger charge is -2.30. The highest BCUT2D eigenvalue weighted by atomic mass is 14.4. The average Bonchev–Trinajstić information content (AvgIpc) is 3.97. The second-order valence-corrected chi connectivity index (χ2v) is 22.4. The van der Waals surface area contributed by atoms with E-state index in [1.165, 1.54) is 171 Å². The number of rotatable bonds is 7. The fourth-order valence-electron chi connectivity index (χ4n) is 14.6. The molecule has 82 heavy (non-hydrogen) atoms. The van der Waals surface area contributed by atoms with Gasteiger partial charge < -0.3 is 0 Å². The molecule has 6 aliphatic rings. The molecule has 0 bridgehead atoms. The van der Waals surface area contributed by atoms with Crippen molar-refractivity contribution in [3.8, 4) is 100 Å². The largest absolute Gasteiger partial charge is 0.0720 e.